The summed E-state index contributed by atoms with van der Waals surface area (Å²) in [5.74, 6) is 0.730. The lowest BCUT2D eigenvalue weighted by molar-refractivity contribution is 0.0593. The fraction of sp³-hybridized carbons (Fsp3) is 0.400. The Hall–Kier alpha value is -3.16. The Labute approximate surface area is 163 Å². The van der Waals surface area contributed by atoms with Crippen LogP contribution in [0, 0.1) is 0 Å². The summed E-state index contributed by atoms with van der Waals surface area (Å²) < 4.78 is 10.4. The summed E-state index contributed by atoms with van der Waals surface area (Å²) in [6.45, 7) is 2.65. The molecule has 2 aliphatic heterocycles. The Morgan fingerprint density at radius 1 is 1.07 bits per heavy atom. The Balaban J connectivity index is 1.58. The quantitative estimate of drug-likeness (QED) is 0.754. The third-order valence-electron chi connectivity index (χ3n) is 5.01. The SMILES string of the molecule is COC(=O)c1ccc(N2CCOc3cc(C(=O)N4CCCCC4)cnc32)cn1. The van der Waals surface area contributed by atoms with Gasteiger partial charge < -0.3 is 19.3 Å². The average Bonchev–Trinajstić information content (AvgIpc) is 2.78. The van der Waals surface area contributed by atoms with Gasteiger partial charge in [0.25, 0.3) is 5.91 Å². The number of aromatic nitrogens is 2. The number of carbonyl (C=O) groups excluding carboxylic acids is 2. The molecule has 2 aliphatic rings. The summed E-state index contributed by atoms with van der Waals surface area (Å²) in [4.78, 5) is 36.8. The van der Waals surface area contributed by atoms with Crippen molar-refractivity contribution < 1.29 is 19.1 Å². The molecule has 0 bridgehead atoms. The highest BCUT2D eigenvalue weighted by Gasteiger charge is 2.25. The minimum absolute atomic E-state index is 0.000166. The number of fused-ring (bicyclic) bond motifs is 1. The van der Waals surface area contributed by atoms with Crippen molar-refractivity contribution in [2.75, 3.05) is 38.3 Å². The molecule has 1 amide bonds. The van der Waals surface area contributed by atoms with Gasteiger partial charge in [-0.2, -0.15) is 0 Å². The van der Waals surface area contributed by atoms with Crippen molar-refractivity contribution in [3.63, 3.8) is 0 Å². The van der Waals surface area contributed by atoms with Crippen molar-refractivity contribution in [3.8, 4) is 5.75 Å². The lowest BCUT2D eigenvalue weighted by Crippen LogP contribution is -2.36. The molecule has 8 heteroatoms. The normalized spacial score (nSPS) is 16.2. The summed E-state index contributed by atoms with van der Waals surface area (Å²) in [6, 6.07) is 5.18. The maximum atomic E-state index is 12.7. The molecular formula is C20H22N4O4. The fourth-order valence-electron chi connectivity index (χ4n) is 3.52. The van der Waals surface area contributed by atoms with Crippen molar-refractivity contribution in [1.82, 2.24) is 14.9 Å². The summed E-state index contributed by atoms with van der Waals surface area (Å²) in [5.41, 5.74) is 1.58. The number of methoxy groups -OCH3 is 1. The van der Waals surface area contributed by atoms with Gasteiger partial charge in [0.05, 0.1) is 31.1 Å². The second kappa shape index (κ2) is 7.84. The van der Waals surface area contributed by atoms with E-state index in [4.69, 9.17) is 4.74 Å². The van der Waals surface area contributed by atoms with Crippen LogP contribution in [-0.4, -0.2) is 60.1 Å². The summed E-state index contributed by atoms with van der Waals surface area (Å²) in [7, 11) is 1.32. The van der Waals surface area contributed by atoms with Gasteiger partial charge in [-0.1, -0.05) is 0 Å². The second-order valence-electron chi connectivity index (χ2n) is 6.79. The van der Waals surface area contributed by atoms with Crippen LogP contribution in [-0.2, 0) is 4.74 Å². The molecule has 2 aromatic heterocycles. The van der Waals surface area contributed by atoms with E-state index in [1.807, 2.05) is 9.80 Å². The molecular weight excluding hydrogens is 360 g/mol. The fourth-order valence-corrected chi connectivity index (χ4v) is 3.52. The molecule has 0 atom stereocenters. The van der Waals surface area contributed by atoms with E-state index in [2.05, 4.69) is 14.7 Å². The van der Waals surface area contributed by atoms with Gasteiger partial charge in [0.1, 0.15) is 12.3 Å². The molecule has 146 valence electrons. The van der Waals surface area contributed by atoms with E-state index < -0.39 is 5.97 Å². The monoisotopic (exact) mass is 382 g/mol. The second-order valence-corrected chi connectivity index (χ2v) is 6.79. The third kappa shape index (κ3) is 3.49. The molecule has 8 nitrogen and oxygen atoms in total. The van der Waals surface area contributed by atoms with Crippen LogP contribution in [0.2, 0.25) is 0 Å². The maximum Gasteiger partial charge on any atom is 0.356 e. The summed E-state index contributed by atoms with van der Waals surface area (Å²) in [5, 5.41) is 0. The number of amides is 1. The Morgan fingerprint density at radius 3 is 2.61 bits per heavy atom. The van der Waals surface area contributed by atoms with Crippen LogP contribution >= 0.6 is 0 Å². The molecule has 0 spiro atoms. The molecule has 28 heavy (non-hydrogen) atoms. The van der Waals surface area contributed by atoms with Gasteiger partial charge in [0.2, 0.25) is 0 Å². The van der Waals surface area contributed by atoms with E-state index in [0.717, 1.165) is 31.6 Å². The number of pyridine rings is 2. The first kappa shape index (κ1) is 18.2. The minimum Gasteiger partial charge on any atom is -0.488 e. The van der Waals surface area contributed by atoms with E-state index in [1.165, 1.54) is 13.5 Å². The lowest BCUT2D eigenvalue weighted by Gasteiger charge is -2.31. The molecule has 4 rings (SSSR count). The zero-order chi connectivity index (χ0) is 19.5. The zero-order valence-electron chi connectivity index (χ0n) is 15.8. The van der Waals surface area contributed by atoms with Gasteiger partial charge in [-0.25, -0.2) is 14.8 Å². The molecule has 1 saturated heterocycles. The van der Waals surface area contributed by atoms with Gasteiger partial charge in [-0.05, 0) is 37.5 Å². The first-order chi connectivity index (χ1) is 13.7. The number of ether oxygens (including phenoxy) is 2. The van der Waals surface area contributed by atoms with E-state index in [1.54, 1.807) is 30.6 Å². The van der Waals surface area contributed by atoms with E-state index in [9.17, 15) is 9.59 Å². The molecule has 2 aromatic rings. The van der Waals surface area contributed by atoms with Crippen LogP contribution in [0.4, 0.5) is 11.5 Å². The summed E-state index contributed by atoms with van der Waals surface area (Å²) >= 11 is 0. The number of esters is 1. The predicted octanol–water partition coefficient (Wildman–Crippen LogP) is 2.42. The van der Waals surface area contributed by atoms with E-state index >= 15 is 0 Å². The number of carbonyl (C=O) groups is 2. The van der Waals surface area contributed by atoms with Gasteiger partial charge in [0.15, 0.2) is 11.6 Å². The van der Waals surface area contributed by atoms with Crippen LogP contribution in [0.1, 0.15) is 40.1 Å². The highest BCUT2D eigenvalue weighted by molar-refractivity contribution is 5.95. The van der Waals surface area contributed by atoms with Crippen molar-refractivity contribution >= 4 is 23.4 Å². The van der Waals surface area contributed by atoms with Crippen molar-refractivity contribution in [2.24, 2.45) is 0 Å². The topological polar surface area (TPSA) is 84.9 Å². The van der Waals surface area contributed by atoms with Crippen LogP contribution in [0.15, 0.2) is 30.6 Å². The molecule has 0 unspecified atom stereocenters. The smallest absolute Gasteiger partial charge is 0.356 e. The van der Waals surface area contributed by atoms with Crippen LogP contribution in [0.5, 0.6) is 5.75 Å². The summed E-state index contributed by atoms with van der Waals surface area (Å²) in [6.07, 6.45) is 6.47. The van der Waals surface area contributed by atoms with E-state index in [0.29, 0.717) is 30.3 Å². The van der Waals surface area contributed by atoms with Crippen molar-refractivity contribution in [2.45, 2.75) is 19.3 Å². The zero-order valence-corrected chi connectivity index (χ0v) is 15.8. The van der Waals surface area contributed by atoms with Gasteiger partial charge in [-0.15, -0.1) is 0 Å². The highest BCUT2D eigenvalue weighted by atomic mass is 16.5. The average molecular weight is 382 g/mol. The Kier molecular flexibility index (Phi) is 5.10. The maximum absolute atomic E-state index is 12.7. The number of rotatable bonds is 3. The third-order valence-corrected chi connectivity index (χ3v) is 5.01. The molecule has 0 N–H and O–H groups in total. The largest absolute Gasteiger partial charge is 0.488 e. The number of likely N-dealkylation sites (tertiary alicyclic amines) is 1. The van der Waals surface area contributed by atoms with Crippen LogP contribution < -0.4 is 9.64 Å². The molecule has 1 fully saturated rings. The number of hydrogen-bond donors (Lipinski definition) is 0. The Bertz CT molecular complexity index is 878. The molecule has 0 radical (unpaired) electrons. The van der Waals surface area contributed by atoms with Crippen molar-refractivity contribution in [3.05, 3.63) is 41.9 Å². The number of nitrogens with zero attached hydrogens (tertiary/aromatic N) is 4. The molecule has 0 saturated carbocycles. The van der Waals surface area contributed by atoms with Gasteiger partial charge >= 0.3 is 5.97 Å². The van der Waals surface area contributed by atoms with Crippen molar-refractivity contribution in [1.29, 1.82) is 0 Å². The predicted molar refractivity (Wildman–Crippen MR) is 102 cm³/mol. The van der Waals surface area contributed by atoms with Gasteiger partial charge in [-0.3, -0.25) is 4.79 Å². The van der Waals surface area contributed by atoms with E-state index in [-0.39, 0.29) is 11.6 Å². The van der Waals surface area contributed by atoms with Crippen LogP contribution in [0.3, 0.4) is 0 Å². The number of hydrogen-bond acceptors (Lipinski definition) is 7. The first-order valence-electron chi connectivity index (χ1n) is 9.41. The number of piperidine rings is 1. The lowest BCUT2D eigenvalue weighted by atomic mass is 10.1. The minimum atomic E-state index is -0.479. The van der Waals surface area contributed by atoms with Crippen LogP contribution in [0.25, 0.3) is 0 Å². The highest BCUT2D eigenvalue weighted by Crippen LogP contribution is 2.35. The van der Waals surface area contributed by atoms with Gasteiger partial charge in [0, 0.05) is 19.3 Å². The first-order valence-corrected chi connectivity index (χ1v) is 9.41. The Morgan fingerprint density at radius 2 is 1.89 bits per heavy atom. The molecule has 0 aliphatic carbocycles. The molecule has 0 aromatic carbocycles. The molecule has 4 heterocycles. The standard InChI is InChI=1S/C20H22N4O4/c1-27-20(26)16-6-5-15(13-21-16)24-9-10-28-17-11-14(12-22-18(17)24)19(25)23-7-3-2-4-8-23/h5-6,11-13H,2-4,7-10H2,1H3. The number of anilines is 2.